The van der Waals surface area contributed by atoms with Crippen molar-refractivity contribution in [2.24, 2.45) is 7.05 Å². The second-order valence-corrected chi connectivity index (χ2v) is 8.94. The molecule has 3 aromatic heterocycles. The molecule has 1 fully saturated rings. The van der Waals surface area contributed by atoms with Crippen LogP contribution in [0, 0.1) is 11.3 Å². The van der Waals surface area contributed by atoms with E-state index in [-0.39, 0.29) is 11.6 Å². The van der Waals surface area contributed by atoms with Crippen molar-refractivity contribution in [3.8, 4) is 17.6 Å². The van der Waals surface area contributed by atoms with Crippen LogP contribution in [0.1, 0.15) is 23.2 Å². The van der Waals surface area contributed by atoms with E-state index in [4.69, 9.17) is 9.47 Å². The van der Waals surface area contributed by atoms with E-state index in [0.29, 0.717) is 67.4 Å². The van der Waals surface area contributed by atoms with Crippen molar-refractivity contribution in [2.75, 3.05) is 32.8 Å². The molecule has 0 aromatic carbocycles. The van der Waals surface area contributed by atoms with Gasteiger partial charge in [-0.3, -0.25) is 14.8 Å². The van der Waals surface area contributed by atoms with E-state index >= 15 is 0 Å². The number of hydrogen-bond donors (Lipinski definition) is 2. The minimum atomic E-state index is -0.532. The van der Waals surface area contributed by atoms with Crippen LogP contribution < -0.4 is 20.3 Å². The summed E-state index contributed by atoms with van der Waals surface area (Å²) in [5, 5.41) is 23.8. The summed E-state index contributed by atoms with van der Waals surface area (Å²) in [6.45, 7) is 3.60. The average Bonchev–Trinajstić information content (AvgIpc) is 2.88. The van der Waals surface area contributed by atoms with Crippen molar-refractivity contribution in [3.05, 3.63) is 57.8 Å². The number of aliphatic hydroxyl groups is 1. The first-order chi connectivity index (χ1) is 17.0. The zero-order chi connectivity index (χ0) is 24.4. The first kappa shape index (κ1) is 23.2. The van der Waals surface area contributed by atoms with Gasteiger partial charge in [0.25, 0.3) is 5.56 Å². The number of pyridine rings is 3. The predicted molar refractivity (Wildman–Crippen MR) is 128 cm³/mol. The van der Waals surface area contributed by atoms with Crippen LogP contribution in [-0.2, 0) is 20.0 Å². The maximum Gasteiger partial charge on any atom is 0.250 e. The molecule has 2 aliphatic heterocycles. The highest BCUT2D eigenvalue weighted by molar-refractivity contribution is 5.80. The van der Waals surface area contributed by atoms with Crippen molar-refractivity contribution in [3.63, 3.8) is 0 Å². The van der Waals surface area contributed by atoms with E-state index in [1.165, 1.54) is 6.07 Å². The second-order valence-electron chi connectivity index (χ2n) is 8.94. The number of nitriles is 1. The van der Waals surface area contributed by atoms with Gasteiger partial charge in [0.2, 0.25) is 0 Å². The Labute approximate surface area is 202 Å². The van der Waals surface area contributed by atoms with Crippen molar-refractivity contribution >= 4 is 11.0 Å². The second kappa shape index (κ2) is 10.00. The Morgan fingerprint density at radius 2 is 2.06 bits per heavy atom. The molecule has 0 saturated carbocycles. The first-order valence-electron chi connectivity index (χ1n) is 11.8. The summed E-state index contributed by atoms with van der Waals surface area (Å²) in [4.78, 5) is 23.1. The smallest absolute Gasteiger partial charge is 0.250 e. The highest BCUT2D eigenvalue weighted by Crippen LogP contribution is 2.29. The number of nitrogens with one attached hydrogen (secondary N) is 1. The zero-order valence-electron chi connectivity index (χ0n) is 19.6. The van der Waals surface area contributed by atoms with E-state index in [1.807, 2.05) is 6.07 Å². The molecule has 10 heteroatoms. The molecule has 3 aromatic rings. The number of likely N-dealkylation sites (tertiary alicyclic amines) is 1. The van der Waals surface area contributed by atoms with Crippen LogP contribution >= 0.6 is 0 Å². The number of aryl methyl sites for hydroxylation is 1. The Bertz CT molecular complexity index is 1330. The van der Waals surface area contributed by atoms with Crippen LogP contribution in [0.2, 0.25) is 0 Å². The van der Waals surface area contributed by atoms with E-state index in [2.05, 4.69) is 26.3 Å². The molecule has 35 heavy (non-hydrogen) atoms. The Hall–Kier alpha value is -3.52. The Balaban J connectivity index is 1.20. The Kier molecular flexibility index (Phi) is 6.63. The molecule has 2 atom stereocenters. The van der Waals surface area contributed by atoms with Crippen LogP contribution in [0.3, 0.4) is 0 Å². The fourth-order valence-corrected chi connectivity index (χ4v) is 4.80. The summed E-state index contributed by atoms with van der Waals surface area (Å²) in [7, 11) is 1.70. The minimum Gasteiger partial charge on any atom is -0.486 e. The fraction of sp³-hybridized carbons (Fsp3) is 0.440. The normalized spacial score (nSPS) is 20.0. The molecule has 0 aliphatic carbocycles. The molecule has 0 amide bonds. The van der Waals surface area contributed by atoms with Gasteiger partial charge in [-0.05, 0) is 31.0 Å². The SMILES string of the molecule is Cn1c(=O)ccc2ncc(C#N)c(CCN3CC[C@H](NCc4cc5c(cn4)OCCO5)[C@H](O)C3)c21. The lowest BCUT2D eigenvalue weighted by Crippen LogP contribution is -2.52. The van der Waals surface area contributed by atoms with Gasteiger partial charge in [0.15, 0.2) is 11.5 Å². The fourth-order valence-electron chi connectivity index (χ4n) is 4.80. The molecular weight excluding hydrogens is 448 g/mol. The summed E-state index contributed by atoms with van der Waals surface area (Å²) in [6, 6.07) is 7.22. The average molecular weight is 477 g/mol. The predicted octanol–water partition coefficient (Wildman–Crippen LogP) is 0.739. The molecule has 0 spiro atoms. The molecule has 0 radical (unpaired) electrons. The van der Waals surface area contributed by atoms with E-state index < -0.39 is 6.10 Å². The molecule has 10 nitrogen and oxygen atoms in total. The number of nitrogens with zero attached hydrogens (tertiary/aromatic N) is 5. The van der Waals surface area contributed by atoms with Crippen LogP contribution in [0.25, 0.3) is 11.0 Å². The lowest BCUT2D eigenvalue weighted by molar-refractivity contribution is 0.0403. The Morgan fingerprint density at radius 3 is 2.86 bits per heavy atom. The number of hydrogen-bond acceptors (Lipinski definition) is 9. The molecule has 0 unspecified atom stereocenters. The molecule has 2 N–H and O–H groups in total. The molecule has 182 valence electrons. The number of rotatable bonds is 6. The maximum atomic E-state index is 12.2. The van der Waals surface area contributed by atoms with Crippen LogP contribution in [0.5, 0.6) is 11.5 Å². The van der Waals surface area contributed by atoms with Gasteiger partial charge in [-0.2, -0.15) is 5.26 Å². The first-order valence-corrected chi connectivity index (χ1v) is 11.8. The number of ether oxygens (including phenoxy) is 2. The van der Waals surface area contributed by atoms with Crippen molar-refractivity contribution in [2.45, 2.75) is 31.5 Å². The quantitative estimate of drug-likeness (QED) is 0.530. The molecule has 5 rings (SSSR count). The van der Waals surface area contributed by atoms with E-state index in [1.54, 1.807) is 30.1 Å². The largest absolute Gasteiger partial charge is 0.486 e. The van der Waals surface area contributed by atoms with Gasteiger partial charge in [-0.25, -0.2) is 0 Å². The minimum absolute atomic E-state index is 0.0431. The van der Waals surface area contributed by atoms with Crippen LogP contribution in [0.4, 0.5) is 0 Å². The monoisotopic (exact) mass is 476 g/mol. The molecule has 0 bridgehead atoms. The molecule has 2 aliphatic rings. The highest BCUT2D eigenvalue weighted by Gasteiger charge is 2.28. The third-order valence-electron chi connectivity index (χ3n) is 6.73. The third-order valence-corrected chi connectivity index (χ3v) is 6.73. The molecule has 1 saturated heterocycles. The molecule has 5 heterocycles. The lowest BCUT2D eigenvalue weighted by Gasteiger charge is -2.36. The van der Waals surface area contributed by atoms with Crippen LogP contribution in [-0.4, -0.2) is 69.5 Å². The van der Waals surface area contributed by atoms with Gasteiger partial charge in [0, 0.05) is 51.1 Å². The van der Waals surface area contributed by atoms with E-state index in [9.17, 15) is 15.2 Å². The highest BCUT2D eigenvalue weighted by atomic mass is 16.6. The number of β-amino-alcohol motifs (C(OH)–C–C–N with tert-alkyl or cyclic N) is 1. The van der Waals surface area contributed by atoms with Gasteiger partial charge in [0.05, 0.1) is 34.6 Å². The lowest BCUT2D eigenvalue weighted by atomic mass is 10.00. The number of aliphatic hydroxyl groups excluding tert-OH is 1. The van der Waals surface area contributed by atoms with Gasteiger partial charge in [-0.1, -0.05) is 0 Å². The zero-order valence-corrected chi connectivity index (χ0v) is 19.6. The van der Waals surface area contributed by atoms with Crippen LogP contribution in [0.15, 0.2) is 35.4 Å². The molecular formula is C25H28N6O4. The maximum absolute atomic E-state index is 12.2. The number of fused-ring (bicyclic) bond motifs is 2. The number of aromatic nitrogens is 3. The van der Waals surface area contributed by atoms with Gasteiger partial charge < -0.3 is 29.4 Å². The van der Waals surface area contributed by atoms with Crippen molar-refractivity contribution < 1.29 is 14.6 Å². The summed E-state index contributed by atoms with van der Waals surface area (Å²) in [5.41, 5.74) is 3.38. The standard InChI is InChI=1S/C25H28N6O4/c1-30-24(33)3-2-20-25(30)18(16(11-26)12-28-20)4-6-31-7-5-19(21(32)15-31)29-13-17-10-22-23(14-27-17)35-9-8-34-22/h2-3,10,12,14,19,21,29,32H,4-9,13,15H2,1H3/t19-,21+/m0/s1. The van der Waals surface area contributed by atoms with E-state index in [0.717, 1.165) is 24.2 Å². The van der Waals surface area contributed by atoms with Gasteiger partial charge in [-0.15, -0.1) is 0 Å². The summed E-state index contributed by atoms with van der Waals surface area (Å²) < 4.78 is 12.7. The summed E-state index contributed by atoms with van der Waals surface area (Å²) >= 11 is 0. The van der Waals surface area contributed by atoms with Crippen molar-refractivity contribution in [1.82, 2.24) is 24.8 Å². The van der Waals surface area contributed by atoms with Crippen molar-refractivity contribution in [1.29, 1.82) is 5.26 Å². The Morgan fingerprint density at radius 1 is 1.23 bits per heavy atom. The topological polar surface area (TPSA) is 126 Å². The third kappa shape index (κ3) is 4.84. The summed E-state index contributed by atoms with van der Waals surface area (Å²) in [6.07, 6.45) is 4.09. The number of piperidine rings is 1. The summed E-state index contributed by atoms with van der Waals surface area (Å²) in [5.74, 6) is 1.37. The van der Waals surface area contributed by atoms with Gasteiger partial charge in [0.1, 0.15) is 19.3 Å². The van der Waals surface area contributed by atoms with Gasteiger partial charge >= 0.3 is 0 Å².